The van der Waals surface area contributed by atoms with Gasteiger partial charge in [-0.05, 0) is 11.1 Å². The molecule has 0 fully saturated rings. The predicted molar refractivity (Wildman–Crippen MR) is 65.4 cm³/mol. The minimum absolute atomic E-state index is 0.0194. The number of rotatable bonds is 2. The van der Waals surface area contributed by atoms with Gasteiger partial charge in [0.25, 0.3) is 11.7 Å². The average Bonchev–Trinajstić information content (AvgIpc) is 2.95. The molecule has 0 saturated carbocycles. The third-order valence-electron chi connectivity index (χ3n) is 3.22. The largest absolute Gasteiger partial charge is 0.390 e. The summed E-state index contributed by atoms with van der Waals surface area (Å²) in [6.45, 7) is 1.61. The minimum Gasteiger partial charge on any atom is -0.390 e. The van der Waals surface area contributed by atoms with Gasteiger partial charge in [-0.1, -0.05) is 29.4 Å². The third kappa shape index (κ3) is 2.10. The zero-order valence-corrected chi connectivity index (χ0v) is 10.3. The first-order valence-electron chi connectivity index (χ1n) is 6.02. The third-order valence-corrected chi connectivity index (χ3v) is 3.22. The van der Waals surface area contributed by atoms with Gasteiger partial charge in [0.15, 0.2) is 0 Å². The van der Waals surface area contributed by atoms with Crippen LogP contribution >= 0.6 is 0 Å². The van der Waals surface area contributed by atoms with Gasteiger partial charge in [-0.25, -0.2) is 0 Å². The highest BCUT2D eigenvalue weighted by Gasteiger charge is 2.32. The molecular weight excluding hydrogens is 246 g/mol. The molecule has 0 unspecified atom stereocenters. The molecule has 0 spiro atoms. The van der Waals surface area contributed by atoms with Crippen molar-refractivity contribution in [3.63, 3.8) is 0 Å². The first kappa shape index (κ1) is 11.9. The molecule has 0 bridgehead atoms. The summed E-state index contributed by atoms with van der Waals surface area (Å²) >= 11 is 0. The van der Waals surface area contributed by atoms with Crippen molar-refractivity contribution < 1.29 is 14.4 Å². The Morgan fingerprint density at radius 3 is 3.00 bits per heavy atom. The minimum atomic E-state index is -0.630. The second-order valence-corrected chi connectivity index (χ2v) is 4.56. The first-order valence-corrected chi connectivity index (χ1v) is 6.02. The van der Waals surface area contributed by atoms with Gasteiger partial charge >= 0.3 is 0 Å². The van der Waals surface area contributed by atoms with E-state index in [9.17, 15) is 9.90 Å². The monoisotopic (exact) mass is 259 g/mol. The lowest BCUT2D eigenvalue weighted by Crippen LogP contribution is -2.34. The van der Waals surface area contributed by atoms with E-state index in [1.165, 1.54) is 0 Å². The van der Waals surface area contributed by atoms with Gasteiger partial charge in [0.05, 0.1) is 12.1 Å². The number of hydrogen-bond donors (Lipinski definition) is 2. The highest BCUT2D eigenvalue weighted by molar-refractivity contribution is 5.90. The normalized spacial score (nSPS) is 21.2. The number of hydrogen-bond acceptors (Lipinski definition) is 5. The molecular formula is C13H13N3O3. The van der Waals surface area contributed by atoms with Crippen molar-refractivity contribution in [3.8, 4) is 0 Å². The number of amides is 1. The van der Waals surface area contributed by atoms with Crippen LogP contribution in [0.5, 0.6) is 0 Å². The molecule has 19 heavy (non-hydrogen) atoms. The first-order chi connectivity index (χ1) is 9.15. The van der Waals surface area contributed by atoms with Crippen molar-refractivity contribution in [2.45, 2.75) is 25.5 Å². The van der Waals surface area contributed by atoms with E-state index in [1.54, 1.807) is 6.92 Å². The topological polar surface area (TPSA) is 88.2 Å². The number of carbonyl (C=O) groups is 1. The Bertz CT molecular complexity index is 623. The van der Waals surface area contributed by atoms with E-state index in [-0.39, 0.29) is 5.82 Å². The second kappa shape index (κ2) is 4.47. The summed E-state index contributed by atoms with van der Waals surface area (Å²) in [7, 11) is 0. The summed E-state index contributed by atoms with van der Waals surface area (Å²) < 4.78 is 4.76. The molecule has 1 heterocycles. The van der Waals surface area contributed by atoms with Gasteiger partial charge < -0.3 is 14.9 Å². The van der Waals surface area contributed by atoms with Crippen LogP contribution in [0.3, 0.4) is 0 Å². The molecule has 1 aromatic heterocycles. The maximum Gasteiger partial charge on any atom is 0.293 e. The summed E-state index contributed by atoms with van der Waals surface area (Å²) in [6.07, 6.45) is -0.0961. The Morgan fingerprint density at radius 1 is 1.47 bits per heavy atom. The van der Waals surface area contributed by atoms with Crippen LogP contribution in [0.4, 0.5) is 0 Å². The van der Waals surface area contributed by atoms with Crippen LogP contribution in [0.2, 0.25) is 0 Å². The van der Waals surface area contributed by atoms with Crippen molar-refractivity contribution in [3.05, 3.63) is 47.1 Å². The van der Waals surface area contributed by atoms with Crippen LogP contribution in [0.25, 0.3) is 0 Å². The van der Waals surface area contributed by atoms with Crippen LogP contribution in [-0.2, 0) is 6.42 Å². The molecule has 3 rings (SSSR count). The number of aryl methyl sites for hydroxylation is 1. The van der Waals surface area contributed by atoms with Crippen molar-refractivity contribution in [1.29, 1.82) is 0 Å². The molecule has 0 saturated heterocycles. The zero-order valence-electron chi connectivity index (χ0n) is 10.3. The van der Waals surface area contributed by atoms with Gasteiger partial charge in [0.1, 0.15) is 0 Å². The molecule has 1 aliphatic rings. The number of aromatic nitrogens is 2. The summed E-state index contributed by atoms with van der Waals surface area (Å²) in [6, 6.07) is 7.22. The predicted octanol–water partition coefficient (Wildman–Crippen LogP) is 0.766. The summed E-state index contributed by atoms with van der Waals surface area (Å²) in [5, 5.41) is 16.3. The molecule has 1 aromatic carbocycles. The van der Waals surface area contributed by atoms with Crippen molar-refractivity contribution in [2.24, 2.45) is 0 Å². The van der Waals surface area contributed by atoms with E-state index >= 15 is 0 Å². The lowest BCUT2D eigenvalue weighted by Gasteiger charge is -2.16. The Morgan fingerprint density at radius 2 is 2.26 bits per heavy atom. The highest BCUT2D eigenvalue weighted by atomic mass is 16.5. The molecule has 0 radical (unpaired) electrons. The van der Waals surface area contributed by atoms with E-state index in [1.807, 2.05) is 24.3 Å². The van der Waals surface area contributed by atoms with Crippen LogP contribution in [0.15, 0.2) is 28.8 Å². The second-order valence-electron chi connectivity index (χ2n) is 4.56. The van der Waals surface area contributed by atoms with E-state index in [4.69, 9.17) is 4.52 Å². The SMILES string of the molecule is Cc1nc(C(=O)N[C@@H]2c3ccccc3C[C@@H]2O)no1. The van der Waals surface area contributed by atoms with Gasteiger partial charge in [-0.15, -0.1) is 0 Å². The number of aliphatic hydroxyl groups excluding tert-OH is 1. The fraction of sp³-hybridized carbons (Fsp3) is 0.308. The van der Waals surface area contributed by atoms with Gasteiger partial charge in [-0.3, -0.25) is 4.79 Å². The number of nitrogens with zero attached hydrogens (tertiary/aromatic N) is 2. The molecule has 98 valence electrons. The zero-order chi connectivity index (χ0) is 13.4. The van der Waals surface area contributed by atoms with E-state index < -0.39 is 18.1 Å². The average molecular weight is 259 g/mol. The van der Waals surface area contributed by atoms with Gasteiger partial charge in [0.2, 0.25) is 5.89 Å². The van der Waals surface area contributed by atoms with Crippen molar-refractivity contribution in [2.75, 3.05) is 0 Å². The lowest BCUT2D eigenvalue weighted by molar-refractivity contribution is 0.0845. The van der Waals surface area contributed by atoms with Crippen LogP contribution in [-0.4, -0.2) is 27.3 Å². The number of nitrogens with one attached hydrogen (secondary N) is 1. The standard InChI is InChI=1S/C13H13N3O3/c1-7-14-12(16-19-7)13(18)15-11-9-5-3-2-4-8(9)6-10(11)17/h2-5,10-11,17H,6H2,1H3,(H,15,18)/t10-,11+/m0/s1. The number of carbonyl (C=O) groups excluding carboxylic acids is 1. The fourth-order valence-electron chi connectivity index (χ4n) is 2.35. The van der Waals surface area contributed by atoms with Crippen LogP contribution in [0, 0.1) is 6.92 Å². The van der Waals surface area contributed by atoms with Gasteiger partial charge in [-0.2, -0.15) is 4.98 Å². The highest BCUT2D eigenvalue weighted by Crippen LogP contribution is 2.31. The van der Waals surface area contributed by atoms with E-state index in [0.717, 1.165) is 11.1 Å². The maximum atomic E-state index is 12.0. The summed E-state index contributed by atoms with van der Waals surface area (Å²) in [4.78, 5) is 15.8. The van der Waals surface area contributed by atoms with Gasteiger partial charge in [0, 0.05) is 13.3 Å². The lowest BCUT2D eigenvalue weighted by atomic mass is 10.1. The fourth-order valence-corrected chi connectivity index (χ4v) is 2.35. The van der Waals surface area contributed by atoms with E-state index in [0.29, 0.717) is 12.3 Å². The van der Waals surface area contributed by atoms with Crippen molar-refractivity contribution >= 4 is 5.91 Å². The molecule has 0 aliphatic heterocycles. The summed E-state index contributed by atoms with van der Waals surface area (Å²) in [5.74, 6) is -0.135. The quantitative estimate of drug-likeness (QED) is 0.831. The number of aliphatic hydroxyl groups is 1. The number of benzene rings is 1. The Hall–Kier alpha value is -2.21. The number of fused-ring (bicyclic) bond motifs is 1. The smallest absolute Gasteiger partial charge is 0.293 e. The molecule has 2 aromatic rings. The Kier molecular flexibility index (Phi) is 2.79. The molecule has 1 amide bonds. The van der Waals surface area contributed by atoms with E-state index in [2.05, 4.69) is 15.5 Å². The molecule has 2 N–H and O–H groups in total. The molecule has 1 aliphatic carbocycles. The molecule has 6 nitrogen and oxygen atoms in total. The van der Waals surface area contributed by atoms with Crippen LogP contribution in [0.1, 0.15) is 33.7 Å². The molecule has 2 atom stereocenters. The Balaban J connectivity index is 1.82. The molecule has 6 heteroatoms. The van der Waals surface area contributed by atoms with Crippen molar-refractivity contribution in [1.82, 2.24) is 15.5 Å². The Labute approximate surface area is 109 Å². The maximum absolute atomic E-state index is 12.0. The summed E-state index contributed by atoms with van der Waals surface area (Å²) in [5.41, 5.74) is 1.98. The van der Waals surface area contributed by atoms with Crippen LogP contribution < -0.4 is 5.32 Å².